The van der Waals surface area contributed by atoms with Crippen molar-refractivity contribution in [1.29, 1.82) is 0 Å². The number of methoxy groups -OCH3 is 4. The lowest BCUT2D eigenvalue weighted by molar-refractivity contribution is -0.276. The maximum atomic E-state index is 11.9. The maximum absolute atomic E-state index is 11.9. The van der Waals surface area contributed by atoms with Crippen LogP contribution in [0.4, 0.5) is 0 Å². The van der Waals surface area contributed by atoms with Gasteiger partial charge in [-0.15, -0.1) is 0 Å². The Hall–Kier alpha value is -0.690. The molecule has 0 unspecified atom stereocenters. The van der Waals surface area contributed by atoms with E-state index in [-0.39, 0.29) is 29.6 Å². The highest BCUT2D eigenvalue weighted by Gasteiger charge is 2.57. The molecule has 1 heterocycles. The second-order valence-electron chi connectivity index (χ2n) is 6.92. The fraction of sp³-hybridized carbons (Fsp3) is 0.938. The first-order valence-electron chi connectivity index (χ1n) is 7.50. The summed E-state index contributed by atoms with van der Waals surface area (Å²) in [6, 6.07) is 0. The SMILES string of the molecule is COC(=O)C[C@@H]1[C@H](C(C)(C)C)[C@H](OC)O[C@H]1C(C)(OC)OC. The molecule has 0 radical (unpaired) electrons. The summed E-state index contributed by atoms with van der Waals surface area (Å²) in [4.78, 5) is 11.9. The van der Waals surface area contributed by atoms with Crippen LogP contribution in [0.5, 0.6) is 0 Å². The van der Waals surface area contributed by atoms with Crippen molar-refractivity contribution in [2.24, 2.45) is 17.3 Å². The van der Waals surface area contributed by atoms with Crippen molar-refractivity contribution in [3.05, 3.63) is 0 Å². The number of carbonyl (C=O) groups is 1. The van der Waals surface area contributed by atoms with Gasteiger partial charge in [0.15, 0.2) is 12.1 Å². The molecular formula is C16H30O6. The summed E-state index contributed by atoms with van der Waals surface area (Å²) in [5.41, 5.74) is -0.115. The van der Waals surface area contributed by atoms with Crippen LogP contribution in [-0.2, 0) is 28.5 Å². The van der Waals surface area contributed by atoms with Crippen LogP contribution in [0.25, 0.3) is 0 Å². The van der Waals surface area contributed by atoms with Gasteiger partial charge < -0.3 is 23.7 Å². The minimum absolute atomic E-state index is 0.00576. The van der Waals surface area contributed by atoms with Gasteiger partial charge in [-0.05, 0) is 12.3 Å². The van der Waals surface area contributed by atoms with Crippen LogP contribution < -0.4 is 0 Å². The lowest BCUT2D eigenvalue weighted by Gasteiger charge is -2.38. The van der Waals surface area contributed by atoms with Gasteiger partial charge in [-0.1, -0.05) is 20.8 Å². The number of ether oxygens (including phenoxy) is 5. The molecule has 0 spiro atoms. The Balaban J connectivity index is 3.22. The van der Waals surface area contributed by atoms with Gasteiger partial charge in [-0.2, -0.15) is 0 Å². The lowest BCUT2D eigenvalue weighted by atomic mass is 9.70. The zero-order valence-electron chi connectivity index (χ0n) is 15.0. The largest absolute Gasteiger partial charge is 0.469 e. The van der Waals surface area contributed by atoms with Crippen molar-refractivity contribution in [2.45, 2.75) is 52.3 Å². The third kappa shape index (κ3) is 3.79. The van der Waals surface area contributed by atoms with Crippen molar-refractivity contribution in [2.75, 3.05) is 28.4 Å². The average Bonchev–Trinajstić information content (AvgIpc) is 2.85. The van der Waals surface area contributed by atoms with E-state index in [1.165, 1.54) is 7.11 Å². The van der Waals surface area contributed by atoms with Gasteiger partial charge in [0.05, 0.1) is 13.5 Å². The number of esters is 1. The zero-order chi connectivity index (χ0) is 17.1. The Morgan fingerprint density at radius 3 is 1.95 bits per heavy atom. The van der Waals surface area contributed by atoms with Crippen molar-refractivity contribution in [3.63, 3.8) is 0 Å². The summed E-state index contributed by atoms with van der Waals surface area (Å²) in [5.74, 6) is -1.37. The topological polar surface area (TPSA) is 63.2 Å². The smallest absolute Gasteiger partial charge is 0.305 e. The Kier molecular flexibility index (Phi) is 6.38. The number of hydrogen-bond donors (Lipinski definition) is 0. The zero-order valence-corrected chi connectivity index (χ0v) is 15.0. The standard InChI is InChI=1S/C16H30O6/c1-15(2,3)12-10(9-11(17)18-5)13(22-14(12)19-6)16(4,20-7)21-8/h10,12-14H,9H2,1-8H3/t10-,12+,13-,14-/m1/s1. The van der Waals surface area contributed by atoms with Gasteiger partial charge >= 0.3 is 5.97 Å². The summed E-state index contributed by atoms with van der Waals surface area (Å²) in [6.07, 6.45) is -0.634. The quantitative estimate of drug-likeness (QED) is 0.553. The Labute approximate surface area is 133 Å². The van der Waals surface area contributed by atoms with Gasteiger partial charge in [0, 0.05) is 33.2 Å². The minimum atomic E-state index is -0.963. The van der Waals surface area contributed by atoms with E-state index in [1.54, 1.807) is 28.3 Å². The third-order valence-corrected chi connectivity index (χ3v) is 4.61. The molecule has 0 saturated carbocycles. The van der Waals surface area contributed by atoms with Crippen LogP contribution in [-0.4, -0.2) is 52.6 Å². The summed E-state index contributed by atoms with van der Waals surface area (Å²) >= 11 is 0. The van der Waals surface area contributed by atoms with Crippen molar-refractivity contribution in [3.8, 4) is 0 Å². The van der Waals surface area contributed by atoms with E-state index in [0.29, 0.717) is 0 Å². The van der Waals surface area contributed by atoms with Crippen molar-refractivity contribution in [1.82, 2.24) is 0 Å². The molecule has 0 aromatic carbocycles. The highest BCUT2D eigenvalue weighted by Crippen LogP contribution is 2.49. The van der Waals surface area contributed by atoms with Gasteiger partial charge in [0.2, 0.25) is 0 Å². The van der Waals surface area contributed by atoms with Crippen LogP contribution in [0.1, 0.15) is 34.1 Å². The average molecular weight is 318 g/mol. The molecule has 6 nitrogen and oxygen atoms in total. The van der Waals surface area contributed by atoms with Gasteiger partial charge in [0.25, 0.3) is 0 Å². The second-order valence-corrected chi connectivity index (χ2v) is 6.92. The molecule has 0 aromatic heterocycles. The molecule has 0 amide bonds. The first-order chi connectivity index (χ1) is 10.1. The van der Waals surface area contributed by atoms with Crippen LogP contribution in [0.3, 0.4) is 0 Å². The first-order valence-corrected chi connectivity index (χ1v) is 7.50. The molecule has 1 saturated heterocycles. The molecule has 1 fully saturated rings. The number of carbonyl (C=O) groups excluding carboxylic acids is 1. The molecule has 0 bridgehead atoms. The first kappa shape index (κ1) is 19.4. The summed E-state index contributed by atoms with van der Waals surface area (Å²) in [7, 11) is 6.12. The predicted octanol–water partition coefficient (Wildman–Crippen LogP) is 2.21. The summed E-state index contributed by atoms with van der Waals surface area (Å²) in [6.45, 7) is 8.13. The van der Waals surface area contributed by atoms with E-state index in [0.717, 1.165) is 0 Å². The van der Waals surface area contributed by atoms with Crippen LogP contribution in [0.15, 0.2) is 0 Å². The second kappa shape index (κ2) is 7.25. The van der Waals surface area contributed by atoms with Crippen LogP contribution in [0.2, 0.25) is 0 Å². The van der Waals surface area contributed by atoms with E-state index < -0.39 is 18.2 Å². The summed E-state index contributed by atoms with van der Waals surface area (Å²) < 4.78 is 27.5. The molecule has 6 heteroatoms. The lowest BCUT2D eigenvalue weighted by Crippen LogP contribution is -2.48. The molecular weight excluding hydrogens is 288 g/mol. The van der Waals surface area contributed by atoms with Gasteiger partial charge in [-0.25, -0.2) is 0 Å². The predicted molar refractivity (Wildman–Crippen MR) is 81.2 cm³/mol. The molecule has 22 heavy (non-hydrogen) atoms. The molecule has 0 aromatic rings. The van der Waals surface area contributed by atoms with Crippen molar-refractivity contribution >= 4 is 5.97 Å². The minimum Gasteiger partial charge on any atom is -0.469 e. The highest BCUT2D eigenvalue weighted by molar-refractivity contribution is 5.69. The van der Waals surface area contributed by atoms with E-state index in [9.17, 15) is 4.79 Å². The Bertz CT molecular complexity index is 371. The monoisotopic (exact) mass is 318 g/mol. The van der Waals surface area contributed by atoms with E-state index in [2.05, 4.69) is 20.8 Å². The van der Waals surface area contributed by atoms with E-state index in [4.69, 9.17) is 23.7 Å². The number of hydrogen-bond acceptors (Lipinski definition) is 6. The van der Waals surface area contributed by atoms with Crippen molar-refractivity contribution < 1.29 is 28.5 Å². The fourth-order valence-corrected chi connectivity index (χ4v) is 3.31. The van der Waals surface area contributed by atoms with Gasteiger partial charge in [0.1, 0.15) is 6.10 Å². The fourth-order valence-electron chi connectivity index (χ4n) is 3.31. The molecule has 130 valence electrons. The van der Waals surface area contributed by atoms with Crippen LogP contribution >= 0.6 is 0 Å². The third-order valence-electron chi connectivity index (χ3n) is 4.61. The molecule has 1 rings (SSSR count). The molecule has 4 atom stereocenters. The van der Waals surface area contributed by atoms with Crippen LogP contribution in [0, 0.1) is 17.3 Å². The normalized spacial score (nSPS) is 29.6. The van der Waals surface area contributed by atoms with Gasteiger partial charge in [-0.3, -0.25) is 4.79 Å². The Morgan fingerprint density at radius 1 is 1.05 bits per heavy atom. The van der Waals surface area contributed by atoms with E-state index in [1.807, 2.05) is 0 Å². The molecule has 1 aliphatic rings. The van der Waals surface area contributed by atoms with E-state index >= 15 is 0 Å². The molecule has 0 N–H and O–H groups in total. The number of rotatable bonds is 6. The summed E-state index contributed by atoms with van der Waals surface area (Å²) in [5, 5.41) is 0. The maximum Gasteiger partial charge on any atom is 0.305 e. The Morgan fingerprint density at radius 2 is 1.59 bits per heavy atom. The molecule has 1 aliphatic heterocycles. The highest BCUT2D eigenvalue weighted by atomic mass is 16.7. The molecule has 0 aliphatic carbocycles.